The highest BCUT2D eigenvalue weighted by Gasteiger charge is 2.00. The van der Waals surface area contributed by atoms with Crippen molar-refractivity contribution < 1.29 is 4.42 Å². The van der Waals surface area contributed by atoms with E-state index in [4.69, 9.17) is 4.42 Å². The van der Waals surface area contributed by atoms with Crippen LogP contribution in [-0.4, -0.2) is 11.2 Å². The Labute approximate surface area is 72.8 Å². The van der Waals surface area contributed by atoms with Crippen LogP contribution in [0.3, 0.4) is 0 Å². The molecule has 0 aliphatic heterocycles. The van der Waals surface area contributed by atoms with Crippen LogP contribution in [0, 0.1) is 0 Å². The molecular weight excluding hydrogens is 174 g/mol. The summed E-state index contributed by atoms with van der Waals surface area (Å²) in [5.41, 5.74) is 1.37. The fraction of sp³-hybridized carbons (Fsp3) is 0.125. The van der Waals surface area contributed by atoms with Gasteiger partial charge in [-0.2, -0.15) is 0 Å². The zero-order valence-electron chi connectivity index (χ0n) is 6.46. The van der Waals surface area contributed by atoms with E-state index in [1.165, 1.54) is 0 Å². The zero-order valence-corrected chi connectivity index (χ0v) is 7.27. The Bertz CT molecular complexity index is 457. The first-order chi connectivity index (χ1) is 5.79. The molecule has 0 fully saturated rings. The molecule has 2 aromatic rings. The van der Waals surface area contributed by atoms with Crippen molar-refractivity contribution >= 4 is 22.9 Å². The van der Waals surface area contributed by atoms with E-state index < -0.39 is 5.76 Å². The van der Waals surface area contributed by atoms with Gasteiger partial charge in [-0.3, -0.25) is 4.98 Å². The maximum atomic E-state index is 10.8. The van der Waals surface area contributed by atoms with Crippen LogP contribution < -0.4 is 5.76 Å². The lowest BCUT2D eigenvalue weighted by Gasteiger charge is -1.92. The van der Waals surface area contributed by atoms with E-state index in [9.17, 15) is 4.79 Å². The predicted molar refractivity (Wildman–Crippen MR) is 48.6 cm³/mol. The van der Waals surface area contributed by atoms with Gasteiger partial charge in [0, 0.05) is 4.90 Å². The molecule has 1 N–H and O–H groups in total. The number of aromatic nitrogens is 1. The fourth-order valence-electron chi connectivity index (χ4n) is 1.05. The standard InChI is InChI=1S/C8H7NO2S/c1-12-5-2-3-6-7(4-5)11-8(10)9-6/h2-4H,1H3,(H,9,10). The van der Waals surface area contributed by atoms with Gasteiger partial charge in [0.2, 0.25) is 0 Å². The molecule has 0 atom stereocenters. The molecule has 0 saturated heterocycles. The number of H-pyrrole nitrogens is 1. The lowest BCUT2D eigenvalue weighted by Crippen LogP contribution is -1.92. The molecule has 12 heavy (non-hydrogen) atoms. The average molecular weight is 181 g/mol. The van der Waals surface area contributed by atoms with Crippen LogP contribution in [0.15, 0.2) is 32.3 Å². The third-order valence-electron chi connectivity index (χ3n) is 1.63. The van der Waals surface area contributed by atoms with Crippen LogP contribution in [0.5, 0.6) is 0 Å². The normalized spacial score (nSPS) is 10.8. The van der Waals surface area contributed by atoms with Crippen LogP contribution in [0.2, 0.25) is 0 Å². The van der Waals surface area contributed by atoms with Gasteiger partial charge < -0.3 is 4.42 Å². The average Bonchev–Trinajstić information content (AvgIpc) is 2.43. The van der Waals surface area contributed by atoms with Crippen molar-refractivity contribution in [1.29, 1.82) is 0 Å². The van der Waals surface area contributed by atoms with Crippen LogP contribution in [-0.2, 0) is 0 Å². The number of aromatic amines is 1. The third kappa shape index (κ3) is 1.14. The lowest BCUT2D eigenvalue weighted by atomic mass is 10.3. The van der Waals surface area contributed by atoms with E-state index in [-0.39, 0.29) is 0 Å². The molecule has 4 heteroatoms. The van der Waals surface area contributed by atoms with Crippen molar-refractivity contribution in [1.82, 2.24) is 4.98 Å². The number of rotatable bonds is 1. The van der Waals surface area contributed by atoms with Gasteiger partial charge in [-0.15, -0.1) is 11.8 Å². The molecule has 0 spiro atoms. The van der Waals surface area contributed by atoms with Gasteiger partial charge in [-0.25, -0.2) is 4.79 Å². The zero-order chi connectivity index (χ0) is 8.55. The van der Waals surface area contributed by atoms with Crippen molar-refractivity contribution in [3.05, 3.63) is 28.7 Å². The molecule has 0 unspecified atom stereocenters. The highest BCUT2D eigenvalue weighted by molar-refractivity contribution is 7.98. The monoisotopic (exact) mass is 181 g/mol. The SMILES string of the molecule is CSc1ccc2[nH]c(=O)oc2c1. The van der Waals surface area contributed by atoms with Crippen LogP contribution >= 0.6 is 11.8 Å². The number of fused-ring (bicyclic) bond motifs is 1. The molecule has 0 aliphatic carbocycles. The van der Waals surface area contributed by atoms with Crippen LogP contribution in [0.25, 0.3) is 11.1 Å². The number of hydrogen-bond acceptors (Lipinski definition) is 3. The molecule has 3 nitrogen and oxygen atoms in total. The quantitative estimate of drug-likeness (QED) is 0.683. The van der Waals surface area contributed by atoms with Gasteiger partial charge in [0.15, 0.2) is 5.58 Å². The maximum Gasteiger partial charge on any atom is 0.417 e. The van der Waals surface area contributed by atoms with Crippen molar-refractivity contribution in [2.24, 2.45) is 0 Å². The molecule has 0 amide bonds. The summed E-state index contributed by atoms with van der Waals surface area (Å²) in [6, 6.07) is 5.63. The minimum atomic E-state index is -0.400. The summed E-state index contributed by atoms with van der Waals surface area (Å²) in [6.07, 6.45) is 1.98. The van der Waals surface area contributed by atoms with Gasteiger partial charge in [0.25, 0.3) is 0 Å². The Morgan fingerprint density at radius 1 is 1.50 bits per heavy atom. The first kappa shape index (κ1) is 7.49. The minimum absolute atomic E-state index is 0.400. The van der Waals surface area contributed by atoms with Gasteiger partial charge >= 0.3 is 5.76 Å². The Balaban J connectivity index is 2.74. The predicted octanol–water partition coefficient (Wildman–Crippen LogP) is 1.84. The van der Waals surface area contributed by atoms with Gasteiger partial charge in [-0.05, 0) is 24.5 Å². The molecule has 1 aromatic heterocycles. The molecule has 0 saturated carbocycles. The number of hydrogen-bond donors (Lipinski definition) is 1. The highest BCUT2D eigenvalue weighted by Crippen LogP contribution is 2.19. The molecule has 1 heterocycles. The first-order valence-electron chi connectivity index (χ1n) is 3.46. The summed E-state index contributed by atoms with van der Waals surface area (Å²) >= 11 is 1.62. The van der Waals surface area contributed by atoms with Gasteiger partial charge in [0.05, 0.1) is 5.52 Å². The lowest BCUT2D eigenvalue weighted by molar-refractivity contribution is 0.555. The molecule has 0 aliphatic rings. The van der Waals surface area contributed by atoms with E-state index in [1.807, 2.05) is 24.5 Å². The Morgan fingerprint density at radius 3 is 3.08 bits per heavy atom. The van der Waals surface area contributed by atoms with Gasteiger partial charge in [0.1, 0.15) is 0 Å². The first-order valence-corrected chi connectivity index (χ1v) is 4.69. The van der Waals surface area contributed by atoms with E-state index in [0.29, 0.717) is 5.58 Å². The van der Waals surface area contributed by atoms with Crippen molar-refractivity contribution in [3.8, 4) is 0 Å². The van der Waals surface area contributed by atoms with Crippen molar-refractivity contribution in [2.45, 2.75) is 4.90 Å². The van der Waals surface area contributed by atoms with E-state index in [2.05, 4.69) is 4.98 Å². The molecular formula is C8H7NO2S. The van der Waals surface area contributed by atoms with Crippen molar-refractivity contribution in [3.63, 3.8) is 0 Å². The number of benzene rings is 1. The summed E-state index contributed by atoms with van der Waals surface area (Å²) in [5.74, 6) is -0.400. The van der Waals surface area contributed by atoms with E-state index in [1.54, 1.807) is 11.8 Å². The topological polar surface area (TPSA) is 46.0 Å². The van der Waals surface area contributed by atoms with Crippen molar-refractivity contribution in [2.75, 3.05) is 6.26 Å². The van der Waals surface area contributed by atoms with Crippen LogP contribution in [0.4, 0.5) is 0 Å². The Kier molecular flexibility index (Phi) is 1.69. The summed E-state index contributed by atoms with van der Waals surface area (Å²) in [7, 11) is 0. The van der Waals surface area contributed by atoms with E-state index in [0.717, 1.165) is 10.4 Å². The highest BCUT2D eigenvalue weighted by atomic mass is 32.2. The molecule has 62 valence electrons. The largest absolute Gasteiger partial charge is 0.417 e. The van der Waals surface area contributed by atoms with Crippen LogP contribution in [0.1, 0.15) is 0 Å². The maximum absolute atomic E-state index is 10.8. The Morgan fingerprint density at radius 2 is 2.33 bits per heavy atom. The number of oxazole rings is 1. The molecule has 1 aromatic carbocycles. The van der Waals surface area contributed by atoms with Gasteiger partial charge in [-0.1, -0.05) is 0 Å². The third-order valence-corrected chi connectivity index (χ3v) is 2.35. The fourth-order valence-corrected chi connectivity index (χ4v) is 1.48. The molecule has 0 bridgehead atoms. The molecule has 2 rings (SSSR count). The smallest absolute Gasteiger partial charge is 0.408 e. The molecule has 0 radical (unpaired) electrons. The minimum Gasteiger partial charge on any atom is -0.408 e. The number of thioether (sulfide) groups is 1. The second-order valence-electron chi connectivity index (χ2n) is 2.38. The second-order valence-corrected chi connectivity index (χ2v) is 3.26. The van der Waals surface area contributed by atoms with E-state index >= 15 is 0 Å². The summed E-state index contributed by atoms with van der Waals surface area (Å²) in [4.78, 5) is 14.4. The number of nitrogens with one attached hydrogen (secondary N) is 1. The summed E-state index contributed by atoms with van der Waals surface area (Å²) < 4.78 is 4.89. The summed E-state index contributed by atoms with van der Waals surface area (Å²) in [6.45, 7) is 0. The summed E-state index contributed by atoms with van der Waals surface area (Å²) in [5, 5.41) is 0. The second kappa shape index (κ2) is 2.71. The Hall–Kier alpha value is -1.16.